The molecule has 2 N–H and O–H groups in total. The van der Waals surface area contributed by atoms with E-state index in [0.717, 1.165) is 12.8 Å². The second kappa shape index (κ2) is 7.33. The van der Waals surface area contributed by atoms with E-state index in [2.05, 4.69) is 5.32 Å². The van der Waals surface area contributed by atoms with E-state index in [0.29, 0.717) is 19.5 Å². The van der Waals surface area contributed by atoms with Gasteiger partial charge >= 0.3 is 12.0 Å². The maximum atomic E-state index is 12.0. The molecule has 0 spiro atoms. The van der Waals surface area contributed by atoms with Crippen molar-refractivity contribution in [2.75, 3.05) is 20.2 Å². The lowest BCUT2D eigenvalue weighted by atomic mass is 9.99. The minimum atomic E-state index is -0.977. The summed E-state index contributed by atoms with van der Waals surface area (Å²) < 4.78 is 5.24. The number of hydrogen-bond acceptors (Lipinski definition) is 3. The van der Waals surface area contributed by atoms with E-state index >= 15 is 0 Å². The Bertz CT molecular complexity index is 314. The van der Waals surface area contributed by atoms with E-state index in [1.807, 2.05) is 13.8 Å². The highest BCUT2D eigenvalue weighted by molar-refractivity contribution is 5.82. The lowest BCUT2D eigenvalue weighted by molar-refractivity contribution is -0.140. The van der Waals surface area contributed by atoms with Crippen LogP contribution in [0.2, 0.25) is 0 Å². The van der Waals surface area contributed by atoms with Crippen molar-refractivity contribution >= 4 is 12.0 Å². The number of carboxylic acid groups (broad SMARTS) is 1. The fraction of sp³-hybridized carbons (Fsp3) is 0.846. The first-order chi connectivity index (χ1) is 8.99. The number of amides is 2. The Labute approximate surface area is 114 Å². The molecule has 1 fully saturated rings. The normalized spacial score (nSPS) is 19.8. The quantitative estimate of drug-likeness (QED) is 0.791. The molecule has 2 amide bonds. The highest BCUT2D eigenvalue weighted by atomic mass is 16.5. The first-order valence-electron chi connectivity index (χ1n) is 6.80. The highest BCUT2D eigenvalue weighted by Gasteiger charge is 2.29. The summed E-state index contributed by atoms with van der Waals surface area (Å²) >= 11 is 0. The van der Waals surface area contributed by atoms with Crippen molar-refractivity contribution in [1.82, 2.24) is 10.2 Å². The smallest absolute Gasteiger partial charge is 0.326 e. The summed E-state index contributed by atoms with van der Waals surface area (Å²) in [7, 11) is 1.67. The summed E-state index contributed by atoms with van der Waals surface area (Å²) in [5.74, 6) is -1.06. The number of piperidine rings is 1. The SMILES string of the molecule is CCC(C)C(NC(=O)N1CCC(OC)CC1)C(=O)O. The number of nitrogens with zero attached hydrogens (tertiary/aromatic N) is 1. The van der Waals surface area contributed by atoms with Crippen molar-refractivity contribution in [3.63, 3.8) is 0 Å². The van der Waals surface area contributed by atoms with Gasteiger partial charge in [-0.3, -0.25) is 0 Å². The molecule has 0 radical (unpaired) electrons. The van der Waals surface area contributed by atoms with Crippen LogP contribution in [-0.4, -0.2) is 54.4 Å². The number of urea groups is 1. The summed E-state index contributed by atoms with van der Waals surface area (Å²) in [6.07, 6.45) is 2.51. The molecular weight excluding hydrogens is 248 g/mol. The zero-order chi connectivity index (χ0) is 14.4. The second-order valence-corrected chi connectivity index (χ2v) is 5.07. The van der Waals surface area contributed by atoms with Gasteiger partial charge in [-0.25, -0.2) is 9.59 Å². The Balaban J connectivity index is 2.51. The van der Waals surface area contributed by atoms with Gasteiger partial charge in [0.05, 0.1) is 6.10 Å². The Morgan fingerprint density at radius 3 is 2.42 bits per heavy atom. The number of likely N-dealkylation sites (tertiary alicyclic amines) is 1. The molecule has 1 heterocycles. The van der Waals surface area contributed by atoms with Crippen LogP contribution in [0.1, 0.15) is 33.1 Å². The number of carbonyl (C=O) groups is 2. The molecule has 19 heavy (non-hydrogen) atoms. The van der Waals surface area contributed by atoms with Crippen molar-refractivity contribution in [3.05, 3.63) is 0 Å². The lowest BCUT2D eigenvalue weighted by Gasteiger charge is -2.32. The summed E-state index contributed by atoms with van der Waals surface area (Å²) in [6, 6.07) is -1.11. The van der Waals surface area contributed by atoms with E-state index in [1.54, 1.807) is 12.0 Å². The van der Waals surface area contributed by atoms with Crippen molar-refractivity contribution in [2.45, 2.75) is 45.3 Å². The van der Waals surface area contributed by atoms with Gasteiger partial charge in [-0.15, -0.1) is 0 Å². The molecule has 110 valence electrons. The molecule has 0 saturated carbocycles. The molecular formula is C13H24N2O4. The Morgan fingerprint density at radius 1 is 1.42 bits per heavy atom. The van der Waals surface area contributed by atoms with Gasteiger partial charge in [0.15, 0.2) is 0 Å². The fourth-order valence-corrected chi connectivity index (χ4v) is 2.20. The zero-order valence-corrected chi connectivity index (χ0v) is 11.9. The number of aliphatic carboxylic acids is 1. The van der Waals surface area contributed by atoms with Crippen LogP contribution >= 0.6 is 0 Å². The molecule has 0 aromatic carbocycles. The lowest BCUT2D eigenvalue weighted by Crippen LogP contribution is -2.52. The molecule has 0 aromatic heterocycles. The number of nitrogens with one attached hydrogen (secondary N) is 1. The van der Waals surface area contributed by atoms with Crippen LogP contribution < -0.4 is 5.32 Å². The third-order valence-electron chi connectivity index (χ3n) is 3.82. The van der Waals surface area contributed by atoms with Gasteiger partial charge < -0.3 is 20.1 Å². The van der Waals surface area contributed by atoms with Crippen LogP contribution in [0.15, 0.2) is 0 Å². The van der Waals surface area contributed by atoms with Gasteiger partial charge in [-0.05, 0) is 18.8 Å². The van der Waals surface area contributed by atoms with E-state index in [4.69, 9.17) is 9.84 Å². The summed E-state index contributed by atoms with van der Waals surface area (Å²) in [6.45, 7) is 4.96. The third-order valence-corrected chi connectivity index (χ3v) is 3.82. The number of rotatable bonds is 5. The predicted octanol–water partition coefficient (Wildman–Crippen LogP) is 1.31. The average Bonchev–Trinajstić information content (AvgIpc) is 2.43. The van der Waals surface area contributed by atoms with Gasteiger partial charge in [0, 0.05) is 20.2 Å². The molecule has 1 aliphatic heterocycles. The number of methoxy groups -OCH3 is 1. The summed E-state index contributed by atoms with van der Waals surface area (Å²) in [4.78, 5) is 24.9. The van der Waals surface area contributed by atoms with Gasteiger partial charge in [-0.2, -0.15) is 0 Å². The van der Waals surface area contributed by atoms with Crippen LogP contribution in [0.25, 0.3) is 0 Å². The van der Waals surface area contributed by atoms with Crippen molar-refractivity contribution < 1.29 is 19.4 Å². The van der Waals surface area contributed by atoms with Crippen LogP contribution in [0, 0.1) is 5.92 Å². The molecule has 1 rings (SSSR count). The molecule has 0 aliphatic carbocycles. The van der Waals surface area contributed by atoms with Crippen molar-refractivity contribution in [3.8, 4) is 0 Å². The Hall–Kier alpha value is -1.30. The number of carbonyl (C=O) groups excluding carboxylic acids is 1. The third kappa shape index (κ3) is 4.38. The molecule has 6 heteroatoms. The standard InChI is InChI=1S/C13H24N2O4/c1-4-9(2)11(12(16)17)14-13(18)15-7-5-10(19-3)6-8-15/h9-11H,4-8H2,1-3H3,(H,14,18)(H,16,17). The van der Waals surface area contributed by atoms with E-state index in [1.165, 1.54) is 0 Å². The van der Waals surface area contributed by atoms with Gasteiger partial charge in [0.25, 0.3) is 0 Å². The van der Waals surface area contributed by atoms with E-state index in [9.17, 15) is 9.59 Å². The molecule has 6 nitrogen and oxygen atoms in total. The van der Waals surface area contributed by atoms with Crippen molar-refractivity contribution in [1.29, 1.82) is 0 Å². The van der Waals surface area contributed by atoms with E-state index < -0.39 is 12.0 Å². The Kier molecular flexibility index (Phi) is 6.08. The molecule has 2 unspecified atom stereocenters. The predicted molar refractivity (Wildman–Crippen MR) is 71.0 cm³/mol. The van der Waals surface area contributed by atoms with Crippen LogP contribution in [0.5, 0.6) is 0 Å². The number of ether oxygens (including phenoxy) is 1. The zero-order valence-electron chi connectivity index (χ0n) is 11.9. The Morgan fingerprint density at radius 2 is 2.00 bits per heavy atom. The minimum Gasteiger partial charge on any atom is -0.480 e. The largest absolute Gasteiger partial charge is 0.480 e. The fourth-order valence-electron chi connectivity index (χ4n) is 2.20. The maximum absolute atomic E-state index is 12.0. The van der Waals surface area contributed by atoms with Gasteiger partial charge in [0.2, 0.25) is 0 Å². The van der Waals surface area contributed by atoms with Crippen LogP contribution in [-0.2, 0) is 9.53 Å². The topological polar surface area (TPSA) is 78.9 Å². The first kappa shape index (κ1) is 15.8. The molecule has 0 aromatic rings. The first-order valence-corrected chi connectivity index (χ1v) is 6.80. The number of carboxylic acids is 1. The van der Waals surface area contributed by atoms with Crippen LogP contribution in [0.3, 0.4) is 0 Å². The molecule has 1 aliphatic rings. The average molecular weight is 272 g/mol. The van der Waals surface area contributed by atoms with E-state index in [-0.39, 0.29) is 18.1 Å². The van der Waals surface area contributed by atoms with Gasteiger partial charge in [0.1, 0.15) is 6.04 Å². The molecule has 0 bridgehead atoms. The summed E-state index contributed by atoms with van der Waals surface area (Å²) in [5.41, 5.74) is 0. The highest BCUT2D eigenvalue weighted by Crippen LogP contribution is 2.14. The monoisotopic (exact) mass is 272 g/mol. The number of hydrogen-bond donors (Lipinski definition) is 2. The van der Waals surface area contributed by atoms with Crippen molar-refractivity contribution in [2.24, 2.45) is 5.92 Å². The maximum Gasteiger partial charge on any atom is 0.326 e. The molecule has 1 saturated heterocycles. The van der Waals surface area contributed by atoms with Gasteiger partial charge in [-0.1, -0.05) is 20.3 Å². The van der Waals surface area contributed by atoms with Crippen LogP contribution in [0.4, 0.5) is 4.79 Å². The second-order valence-electron chi connectivity index (χ2n) is 5.07. The minimum absolute atomic E-state index is 0.0852. The summed E-state index contributed by atoms with van der Waals surface area (Å²) in [5, 5.41) is 11.8. The molecule has 2 atom stereocenters.